The van der Waals surface area contributed by atoms with E-state index in [1.807, 2.05) is 0 Å². The van der Waals surface area contributed by atoms with Crippen molar-refractivity contribution in [2.45, 2.75) is 32.1 Å². The predicted molar refractivity (Wildman–Crippen MR) is 65.9 cm³/mol. The zero-order valence-corrected chi connectivity index (χ0v) is 9.96. The second-order valence-electron chi connectivity index (χ2n) is 3.84. The largest absolute Gasteiger partial charge is 0.0885 e. The lowest BCUT2D eigenvalue weighted by Gasteiger charge is -2.23. The fourth-order valence-electron chi connectivity index (χ4n) is 2.10. The Labute approximate surface area is 93.9 Å². The fourth-order valence-corrected chi connectivity index (χ4v) is 2.55. The first-order chi connectivity index (χ1) is 6.36. The molecule has 1 unspecified atom stereocenters. The van der Waals surface area contributed by atoms with Crippen molar-refractivity contribution in [2.24, 2.45) is 5.92 Å². The minimum atomic E-state index is 0.853. The molecule has 0 N–H and O–H groups in total. The lowest BCUT2D eigenvalue weighted by atomic mass is 9.84. The van der Waals surface area contributed by atoms with Gasteiger partial charge < -0.3 is 0 Å². The molecule has 70 valence electrons. The molecule has 0 radical (unpaired) electrons. The quantitative estimate of drug-likeness (QED) is 0.495. The van der Waals surface area contributed by atoms with E-state index in [0.717, 1.165) is 5.92 Å². The van der Waals surface area contributed by atoms with E-state index in [1.165, 1.54) is 35.7 Å². The average Bonchev–Trinajstić information content (AvgIpc) is 2.20. The summed E-state index contributed by atoms with van der Waals surface area (Å²) in [4.78, 5) is 0. The van der Waals surface area contributed by atoms with Crippen molar-refractivity contribution >= 4 is 22.6 Å². The first-order valence-electron chi connectivity index (χ1n) is 5.06. The van der Waals surface area contributed by atoms with Crippen molar-refractivity contribution < 1.29 is 0 Å². The van der Waals surface area contributed by atoms with Gasteiger partial charge in [0.1, 0.15) is 0 Å². The molecule has 0 saturated heterocycles. The highest BCUT2D eigenvalue weighted by molar-refractivity contribution is 14.1. The van der Waals surface area contributed by atoms with Gasteiger partial charge in [-0.1, -0.05) is 29.9 Å². The van der Waals surface area contributed by atoms with Gasteiger partial charge in [-0.05, 0) is 64.2 Å². The topological polar surface area (TPSA) is 0 Å². The zero-order chi connectivity index (χ0) is 9.10. The highest BCUT2D eigenvalue weighted by Crippen LogP contribution is 2.33. The first-order valence-corrected chi connectivity index (χ1v) is 6.14. The van der Waals surface area contributed by atoms with E-state index < -0.39 is 0 Å². The molecule has 2 aliphatic rings. The molecule has 0 aromatic heterocycles. The Balaban J connectivity index is 2.04. The number of rotatable bonds is 1. The van der Waals surface area contributed by atoms with Crippen LogP contribution >= 0.6 is 22.6 Å². The van der Waals surface area contributed by atoms with Gasteiger partial charge in [0.2, 0.25) is 0 Å². The van der Waals surface area contributed by atoms with Gasteiger partial charge >= 0.3 is 0 Å². The number of hydrogen-bond donors (Lipinski definition) is 0. The van der Waals surface area contributed by atoms with Crippen molar-refractivity contribution in [3.63, 3.8) is 0 Å². The molecule has 13 heavy (non-hydrogen) atoms. The summed E-state index contributed by atoms with van der Waals surface area (Å²) in [5.74, 6) is 0.853. The Hall–Kier alpha value is -0.0500. The molecule has 0 heterocycles. The summed E-state index contributed by atoms with van der Waals surface area (Å²) in [7, 11) is 0. The maximum Gasteiger partial charge on any atom is -0.00909 e. The zero-order valence-electron chi connectivity index (χ0n) is 7.80. The maximum atomic E-state index is 2.44. The molecule has 0 aromatic carbocycles. The number of hydrogen-bond acceptors (Lipinski definition) is 0. The van der Waals surface area contributed by atoms with E-state index in [2.05, 4.69) is 46.9 Å². The smallest absolute Gasteiger partial charge is 0.00909 e. The van der Waals surface area contributed by atoms with Crippen molar-refractivity contribution in [1.82, 2.24) is 0 Å². The van der Waals surface area contributed by atoms with Gasteiger partial charge in [-0.15, -0.1) is 0 Å². The van der Waals surface area contributed by atoms with Crippen LogP contribution in [0.3, 0.4) is 0 Å². The van der Waals surface area contributed by atoms with Crippen LogP contribution in [0.5, 0.6) is 0 Å². The van der Waals surface area contributed by atoms with E-state index in [-0.39, 0.29) is 0 Å². The summed E-state index contributed by atoms with van der Waals surface area (Å²) in [6, 6.07) is 0. The lowest BCUT2D eigenvalue weighted by molar-refractivity contribution is 0.532. The Kier molecular flexibility index (Phi) is 3.25. The molecule has 0 aromatic rings. The Morgan fingerprint density at radius 1 is 1.15 bits per heavy atom. The second-order valence-corrected chi connectivity index (χ2v) is 5.22. The van der Waals surface area contributed by atoms with Crippen LogP contribution in [0.25, 0.3) is 0 Å². The molecule has 0 bridgehead atoms. The summed E-state index contributed by atoms with van der Waals surface area (Å²) in [5.41, 5.74) is 1.68. The van der Waals surface area contributed by atoms with Gasteiger partial charge in [0.25, 0.3) is 0 Å². The van der Waals surface area contributed by atoms with Gasteiger partial charge in [0.15, 0.2) is 0 Å². The molecule has 0 fully saturated rings. The third-order valence-electron chi connectivity index (χ3n) is 2.92. The summed E-state index contributed by atoms with van der Waals surface area (Å²) in [6.45, 7) is 0. The molecule has 0 saturated carbocycles. The molecule has 1 atom stereocenters. The van der Waals surface area contributed by atoms with Gasteiger partial charge in [0.05, 0.1) is 0 Å². The number of allylic oxidation sites excluding steroid dienone is 6. The number of halogens is 1. The average molecular weight is 286 g/mol. The third-order valence-corrected chi connectivity index (χ3v) is 3.82. The van der Waals surface area contributed by atoms with Crippen LogP contribution in [0.1, 0.15) is 32.1 Å². The van der Waals surface area contributed by atoms with Crippen LogP contribution in [0.15, 0.2) is 33.5 Å². The fraction of sp³-hybridized carbons (Fsp3) is 0.500. The van der Waals surface area contributed by atoms with E-state index in [4.69, 9.17) is 0 Å². The van der Waals surface area contributed by atoms with Gasteiger partial charge in [-0.3, -0.25) is 0 Å². The van der Waals surface area contributed by atoms with Crippen LogP contribution < -0.4 is 0 Å². The van der Waals surface area contributed by atoms with Crippen LogP contribution in [-0.2, 0) is 0 Å². The Morgan fingerprint density at radius 2 is 2.08 bits per heavy atom. The van der Waals surface area contributed by atoms with E-state index in [9.17, 15) is 0 Å². The van der Waals surface area contributed by atoms with Crippen molar-refractivity contribution in [3.8, 4) is 0 Å². The second kappa shape index (κ2) is 4.45. The predicted octanol–water partition coefficient (Wildman–Crippen LogP) is 4.38. The summed E-state index contributed by atoms with van der Waals surface area (Å²) in [5, 5.41) is 0. The Bertz CT molecular complexity index is 271. The molecule has 1 heteroatoms. The summed E-state index contributed by atoms with van der Waals surface area (Å²) >= 11 is 2.44. The van der Waals surface area contributed by atoms with E-state index in [1.54, 1.807) is 5.57 Å². The Morgan fingerprint density at radius 3 is 2.69 bits per heavy atom. The summed E-state index contributed by atoms with van der Waals surface area (Å²) < 4.78 is 1.51. The van der Waals surface area contributed by atoms with Crippen LogP contribution in [-0.4, -0.2) is 0 Å². The van der Waals surface area contributed by atoms with Crippen LogP contribution in [0, 0.1) is 5.92 Å². The van der Waals surface area contributed by atoms with Gasteiger partial charge in [-0.25, -0.2) is 0 Å². The maximum absolute atomic E-state index is 2.44. The normalized spacial score (nSPS) is 28.2. The lowest BCUT2D eigenvalue weighted by Crippen LogP contribution is -2.07. The van der Waals surface area contributed by atoms with Crippen LogP contribution in [0.2, 0.25) is 0 Å². The monoisotopic (exact) mass is 286 g/mol. The van der Waals surface area contributed by atoms with Gasteiger partial charge in [-0.2, -0.15) is 0 Å². The highest BCUT2D eigenvalue weighted by Gasteiger charge is 2.16. The minimum absolute atomic E-state index is 0.853. The minimum Gasteiger partial charge on any atom is -0.0885 e. The molecule has 0 spiro atoms. The molecule has 2 aliphatic carbocycles. The molecule has 0 nitrogen and oxygen atoms in total. The van der Waals surface area contributed by atoms with Crippen molar-refractivity contribution in [1.29, 1.82) is 0 Å². The molecule has 2 rings (SSSR count). The van der Waals surface area contributed by atoms with Crippen LogP contribution in [0.4, 0.5) is 0 Å². The third kappa shape index (κ3) is 2.46. The first kappa shape index (κ1) is 9.50. The summed E-state index contributed by atoms with van der Waals surface area (Å²) in [6.07, 6.45) is 15.8. The molecule has 0 amide bonds. The molecule has 0 aliphatic heterocycles. The van der Waals surface area contributed by atoms with E-state index >= 15 is 0 Å². The van der Waals surface area contributed by atoms with E-state index in [0.29, 0.717) is 0 Å². The SMILES string of the molecule is IC1=CC=C(C2CC=CCC2)CC1. The standard InChI is InChI=1S/C12H15I/c13-12-8-6-11(7-9-12)10-4-2-1-3-5-10/h1-2,6,8,10H,3-5,7,9H2. The van der Waals surface area contributed by atoms with Crippen molar-refractivity contribution in [2.75, 3.05) is 0 Å². The van der Waals surface area contributed by atoms with Gasteiger partial charge in [0, 0.05) is 0 Å². The molecular formula is C12H15I. The molecular weight excluding hydrogens is 271 g/mol. The van der Waals surface area contributed by atoms with Crippen molar-refractivity contribution in [3.05, 3.63) is 33.5 Å². The highest BCUT2D eigenvalue weighted by atomic mass is 127.